The number of hydrogen-bond donors (Lipinski definition) is 0. The molecule has 25 heavy (non-hydrogen) atoms. The number of halogens is 3. The van der Waals surface area contributed by atoms with Crippen molar-refractivity contribution in [2.75, 3.05) is 0 Å². The first-order valence-corrected chi connectivity index (χ1v) is 10.1. The minimum Gasteiger partial charge on any atom is -0.490 e. The third kappa shape index (κ3) is 4.16. The molecule has 1 aliphatic carbocycles. The number of alkyl halides is 3. The number of benzene rings is 2. The third-order valence-electron chi connectivity index (χ3n) is 5.24. The second-order valence-electron chi connectivity index (χ2n) is 7.13. The molecule has 0 amide bonds. The molecule has 0 heterocycles. The lowest BCUT2D eigenvalue weighted by Gasteiger charge is -2.28. The van der Waals surface area contributed by atoms with Gasteiger partial charge in [-0.1, -0.05) is 54.0 Å². The maximum atomic E-state index is 13.8. The van der Waals surface area contributed by atoms with E-state index in [4.69, 9.17) is 4.74 Å². The molecule has 2 aromatic rings. The molecule has 1 fully saturated rings. The summed E-state index contributed by atoms with van der Waals surface area (Å²) < 4.78 is 33.6. The lowest BCUT2D eigenvalue weighted by molar-refractivity contribution is 0.116. The average molecular weight is 411 g/mol. The van der Waals surface area contributed by atoms with Gasteiger partial charge in [0.15, 0.2) is 0 Å². The van der Waals surface area contributed by atoms with Crippen LogP contribution in [0.4, 0.5) is 8.78 Å². The van der Waals surface area contributed by atoms with Crippen LogP contribution >= 0.6 is 15.9 Å². The molecule has 0 aliphatic heterocycles. The summed E-state index contributed by atoms with van der Waals surface area (Å²) in [4.78, 5) is 0.243. The van der Waals surface area contributed by atoms with Crippen molar-refractivity contribution < 1.29 is 13.5 Å². The van der Waals surface area contributed by atoms with Crippen molar-refractivity contribution in [3.05, 3.63) is 41.5 Å². The van der Waals surface area contributed by atoms with Crippen molar-refractivity contribution in [3.63, 3.8) is 0 Å². The number of ether oxygens (including phenoxy) is 1. The molecular weight excluding hydrogens is 386 g/mol. The van der Waals surface area contributed by atoms with Crippen LogP contribution in [0.3, 0.4) is 0 Å². The number of hydrogen-bond acceptors (Lipinski definition) is 1. The molecule has 1 aliphatic rings. The third-order valence-corrected chi connectivity index (χ3v) is 6.42. The second-order valence-corrected chi connectivity index (χ2v) is 8.24. The van der Waals surface area contributed by atoms with Gasteiger partial charge in [0, 0.05) is 4.83 Å². The highest BCUT2D eigenvalue weighted by Crippen LogP contribution is 2.39. The van der Waals surface area contributed by atoms with Gasteiger partial charge in [0.2, 0.25) is 0 Å². The fourth-order valence-electron chi connectivity index (χ4n) is 3.64. The zero-order valence-electron chi connectivity index (χ0n) is 14.8. The highest BCUT2D eigenvalue weighted by atomic mass is 79.9. The summed E-state index contributed by atoms with van der Waals surface area (Å²) in [5.41, 5.74) is 1.15. The predicted molar refractivity (Wildman–Crippen MR) is 103 cm³/mol. The maximum absolute atomic E-state index is 13.8. The van der Waals surface area contributed by atoms with Crippen molar-refractivity contribution in [1.82, 2.24) is 0 Å². The van der Waals surface area contributed by atoms with Crippen LogP contribution in [0.25, 0.3) is 10.8 Å². The second kappa shape index (κ2) is 8.03. The Morgan fingerprint density at radius 2 is 1.84 bits per heavy atom. The summed E-state index contributed by atoms with van der Waals surface area (Å²) in [5.74, 6) is 1.06. The summed E-state index contributed by atoms with van der Waals surface area (Å²) in [6.45, 7) is 4.33. The Hall–Kier alpha value is -1.16. The average Bonchev–Trinajstić information content (AvgIpc) is 2.62. The fraction of sp³-hybridized carbons (Fsp3) is 0.524. The molecule has 1 nitrogen and oxygen atoms in total. The SMILES string of the molecule is CCC(Br)c1ccc2c(C(F)F)c(O[C@H]3CC[C@@H](C)CC3)ccc2c1. The molecule has 2 aromatic carbocycles. The Morgan fingerprint density at radius 3 is 2.48 bits per heavy atom. The summed E-state index contributed by atoms with van der Waals surface area (Å²) in [6.07, 6.45) is 2.57. The Balaban J connectivity index is 1.94. The quantitative estimate of drug-likeness (QED) is 0.461. The molecule has 4 heteroatoms. The largest absolute Gasteiger partial charge is 0.490 e. The highest BCUT2D eigenvalue weighted by molar-refractivity contribution is 9.09. The first-order chi connectivity index (χ1) is 12.0. The van der Waals surface area contributed by atoms with Crippen molar-refractivity contribution >= 4 is 26.7 Å². The first kappa shape index (κ1) is 18.6. The highest BCUT2D eigenvalue weighted by Gasteiger charge is 2.24. The summed E-state index contributed by atoms with van der Waals surface area (Å²) in [5, 5.41) is 1.44. The molecule has 1 unspecified atom stereocenters. The number of fused-ring (bicyclic) bond motifs is 1. The van der Waals surface area contributed by atoms with Crippen LogP contribution in [0.2, 0.25) is 0 Å². The van der Waals surface area contributed by atoms with E-state index in [1.807, 2.05) is 24.3 Å². The molecule has 0 saturated heterocycles. The van der Waals surface area contributed by atoms with Crippen molar-refractivity contribution in [2.24, 2.45) is 5.92 Å². The molecule has 3 rings (SSSR count). The van der Waals surface area contributed by atoms with Crippen LogP contribution in [-0.4, -0.2) is 6.10 Å². The van der Waals surface area contributed by atoms with Crippen molar-refractivity contribution in [3.8, 4) is 5.75 Å². The zero-order chi connectivity index (χ0) is 18.0. The maximum Gasteiger partial charge on any atom is 0.268 e. The van der Waals surface area contributed by atoms with Crippen LogP contribution in [0.1, 0.15) is 68.3 Å². The normalized spacial score (nSPS) is 22.3. The van der Waals surface area contributed by atoms with Gasteiger partial charge in [0.05, 0.1) is 11.7 Å². The van der Waals surface area contributed by atoms with Gasteiger partial charge >= 0.3 is 0 Å². The Morgan fingerprint density at radius 1 is 1.12 bits per heavy atom. The van der Waals surface area contributed by atoms with Gasteiger partial charge in [0.1, 0.15) is 5.75 Å². The molecule has 1 saturated carbocycles. The van der Waals surface area contributed by atoms with Gasteiger partial charge in [0.25, 0.3) is 6.43 Å². The van der Waals surface area contributed by atoms with E-state index in [1.54, 1.807) is 6.07 Å². The zero-order valence-corrected chi connectivity index (χ0v) is 16.4. The predicted octanol–water partition coefficient (Wildman–Crippen LogP) is 7.58. The van der Waals surface area contributed by atoms with Crippen molar-refractivity contribution in [2.45, 2.75) is 63.3 Å². The lowest BCUT2D eigenvalue weighted by Crippen LogP contribution is -2.23. The monoisotopic (exact) mass is 410 g/mol. The number of rotatable bonds is 5. The molecule has 0 bridgehead atoms. The van der Waals surface area contributed by atoms with E-state index in [0.29, 0.717) is 17.1 Å². The molecular formula is C21H25BrF2O. The lowest BCUT2D eigenvalue weighted by atomic mass is 9.89. The summed E-state index contributed by atoms with van der Waals surface area (Å²) in [7, 11) is 0. The van der Waals surface area contributed by atoms with Gasteiger partial charge in [-0.2, -0.15) is 0 Å². The minimum absolute atomic E-state index is 0.0327. The smallest absolute Gasteiger partial charge is 0.268 e. The topological polar surface area (TPSA) is 9.23 Å². The van der Waals surface area contributed by atoms with Gasteiger partial charge in [-0.25, -0.2) is 8.78 Å². The van der Waals surface area contributed by atoms with Crippen molar-refractivity contribution in [1.29, 1.82) is 0 Å². The molecule has 0 N–H and O–H groups in total. The molecule has 0 radical (unpaired) electrons. The van der Waals surface area contributed by atoms with Gasteiger partial charge in [-0.15, -0.1) is 0 Å². The van der Waals surface area contributed by atoms with Gasteiger partial charge in [-0.3, -0.25) is 0 Å². The van der Waals surface area contributed by atoms with E-state index in [2.05, 4.69) is 29.8 Å². The van der Waals surface area contributed by atoms with Gasteiger partial charge in [-0.05, 0) is 60.4 Å². The van der Waals surface area contributed by atoms with Crippen LogP contribution in [0.15, 0.2) is 30.3 Å². The van der Waals surface area contributed by atoms with Crippen LogP contribution in [0, 0.1) is 5.92 Å². The van der Waals surface area contributed by atoms with Crippen LogP contribution in [0.5, 0.6) is 5.75 Å². The van der Waals surface area contributed by atoms with E-state index >= 15 is 0 Å². The Kier molecular flexibility index (Phi) is 5.98. The van der Waals surface area contributed by atoms with E-state index in [9.17, 15) is 8.78 Å². The van der Waals surface area contributed by atoms with E-state index < -0.39 is 6.43 Å². The molecule has 136 valence electrons. The standard InChI is InChI=1S/C21H25BrF2O/c1-3-18(22)15-6-10-17-14(12-15)7-11-19(20(17)21(23)24)25-16-8-4-13(2)5-9-16/h6-7,10-13,16,18,21H,3-5,8-9H2,1-2H3/t13-,16+,18?. The summed E-state index contributed by atoms with van der Waals surface area (Å²) in [6, 6.07) is 9.37. The van der Waals surface area contributed by atoms with Crippen LogP contribution in [-0.2, 0) is 0 Å². The minimum atomic E-state index is -2.54. The molecule has 0 aromatic heterocycles. The fourth-order valence-corrected chi connectivity index (χ4v) is 3.92. The summed E-state index contributed by atoms with van der Waals surface area (Å²) >= 11 is 3.63. The molecule has 0 spiro atoms. The van der Waals surface area contributed by atoms with Gasteiger partial charge < -0.3 is 4.74 Å². The first-order valence-electron chi connectivity index (χ1n) is 9.15. The van der Waals surface area contributed by atoms with E-state index in [-0.39, 0.29) is 16.5 Å². The Labute approximate surface area is 156 Å². The van der Waals surface area contributed by atoms with E-state index in [1.165, 1.54) is 0 Å². The van der Waals surface area contributed by atoms with E-state index in [0.717, 1.165) is 43.1 Å². The Bertz CT molecular complexity index is 723. The van der Waals surface area contributed by atoms with Crippen LogP contribution < -0.4 is 4.74 Å². The molecule has 1 atom stereocenters.